The monoisotopic (exact) mass is 219 g/mol. The molecule has 0 spiro atoms. The second kappa shape index (κ2) is 3.16. The fourth-order valence-corrected chi connectivity index (χ4v) is 1.93. The first-order valence-corrected chi connectivity index (χ1v) is 4.34. The fraction of sp³-hybridized carbons (Fsp3) is 0.167. The molecule has 54 valence electrons. The quantitative estimate of drug-likeness (QED) is 0.440. The van der Waals surface area contributed by atoms with Crippen molar-refractivity contribution >= 4 is 33.0 Å². The molecule has 0 aliphatic heterocycles. The van der Waals surface area contributed by atoms with Gasteiger partial charge in [0.2, 0.25) is 0 Å². The van der Waals surface area contributed by atoms with E-state index in [0.717, 1.165) is 9.35 Å². The molecule has 1 heterocycles. The van der Waals surface area contributed by atoms with Crippen molar-refractivity contribution < 1.29 is 5.21 Å². The van der Waals surface area contributed by atoms with Gasteiger partial charge >= 0.3 is 0 Å². The van der Waals surface area contributed by atoms with Gasteiger partial charge in [0.25, 0.3) is 0 Å². The van der Waals surface area contributed by atoms with Crippen molar-refractivity contribution in [2.75, 3.05) is 0 Å². The average Bonchev–Trinajstić information content (AvgIpc) is 2.34. The highest BCUT2D eigenvalue weighted by molar-refractivity contribution is 9.10. The predicted octanol–water partition coefficient (Wildman–Crippen LogP) is 2.71. The molecule has 0 amide bonds. The zero-order valence-corrected chi connectivity index (χ0v) is 7.74. The Morgan fingerprint density at radius 2 is 2.50 bits per heavy atom. The molecule has 1 rings (SSSR count). The Bertz CT molecular complexity index is 256. The van der Waals surface area contributed by atoms with Crippen molar-refractivity contribution in [1.82, 2.24) is 0 Å². The van der Waals surface area contributed by atoms with Gasteiger partial charge in [-0.1, -0.05) is 5.16 Å². The van der Waals surface area contributed by atoms with Crippen molar-refractivity contribution in [1.29, 1.82) is 0 Å². The van der Waals surface area contributed by atoms with E-state index in [1.165, 1.54) is 0 Å². The molecule has 1 aromatic heterocycles. The highest BCUT2D eigenvalue weighted by Crippen LogP contribution is 2.19. The Morgan fingerprint density at radius 1 is 1.80 bits per heavy atom. The summed E-state index contributed by atoms with van der Waals surface area (Å²) in [5.41, 5.74) is 0.649. The van der Waals surface area contributed by atoms with Crippen molar-refractivity contribution in [3.05, 3.63) is 20.8 Å². The molecule has 2 nitrogen and oxygen atoms in total. The fourth-order valence-electron chi connectivity index (χ4n) is 0.552. The zero-order valence-electron chi connectivity index (χ0n) is 5.34. The van der Waals surface area contributed by atoms with Gasteiger partial charge in [0, 0.05) is 9.85 Å². The number of hydrogen-bond donors (Lipinski definition) is 1. The van der Waals surface area contributed by atoms with Crippen LogP contribution in [0.5, 0.6) is 0 Å². The number of rotatable bonds is 1. The number of hydrogen-bond acceptors (Lipinski definition) is 3. The molecular weight excluding hydrogens is 214 g/mol. The Morgan fingerprint density at radius 3 is 2.90 bits per heavy atom. The maximum atomic E-state index is 8.38. The third-order valence-electron chi connectivity index (χ3n) is 1.07. The SMILES string of the molecule is C/C(=N/O)c1cc(Br)cs1. The summed E-state index contributed by atoms with van der Waals surface area (Å²) in [4.78, 5) is 0.981. The lowest BCUT2D eigenvalue weighted by Gasteiger charge is -1.87. The first-order chi connectivity index (χ1) is 4.74. The molecule has 0 bridgehead atoms. The van der Waals surface area contributed by atoms with Crippen LogP contribution in [0.25, 0.3) is 0 Å². The van der Waals surface area contributed by atoms with Gasteiger partial charge in [0.05, 0.1) is 10.6 Å². The summed E-state index contributed by atoms with van der Waals surface area (Å²) in [6.45, 7) is 1.76. The van der Waals surface area contributed by atoms with E-state index in [1.807, 2.05) is 11.4 Å². The minimum Gasteiger partial charge on any atom is -0.411 e. The first kappa shape index (κ1) is 7.75. The summed E-state index contributed by atoms with van der Waals surface area (Å²) in [5, 5.41) is 13.4. The van der Waals surface area contributed by atoms with Crippen molar-refractivity contribution in [3.8, 4) is 0 Å². The minimum atomic E-state index is 0.649. The van der Waals surface area contributed by atoms with Gasteiger partial charge < -0.3 is 5.21 Å². The highest BCUT2D eigenvalue weighted by Gasteiger charge is 1.99. The van der Waals surface area contributed by atoms with Gasteiger partial charge in [-0.15, -0.1) is 11.3 Å². The maximum absolute atomic E-state index is 8.38. The van der Waals surface area contributed by atoms with Crippen LogP contribution in [-0.4, -0.2) is 10.9 Å². The van der Waals surface area contributed by atoms with E-state index >= 15 is 0 Å². The topological polar surface area (TPSA) is 32.6 Å². The summed E-state index contributed by atoms with van der Waals surface area (Å²) < 4.78 is 1.02. The van der Waals surface area contributed by atoms with E-state index in [2.05, 4.69) is 21.1 Å². The Hall–Kier alpha value is -0.350. The maximum Gasteiger partial charge on any atom is 0.0936 e. The third kappa shape index (κ3) is 1.58. The van der Waals surface area contributed by atoms with E-state index < -0.39 is 0 Å². The third-order valence-corrected chi connectivity index (χ3v) is 2.87. The molecule has 0 radical (unpaired) electrons. The second-order valence-corrected chi connectivity index (χ2v) is 3.64. The largest absolute Gasteiger partial charge is 0.411 e. The van der Waals surface area contributed by atoms with Crippen LogP contribution in [0.1, 0.15) is 11.8 Å². The molecule has 0 aromatic carbocycles. The summed E-state index contributed by atoms with van der Waals surface area (Å²) in [6, 6.07) is 1.92. The van der Waals surface area contributed by atoms with Crippen LogP contribution in [0.4, 0.5) is 0 Å². The van der Waals surface area contributed by atoms with Crippen LogP contribution in [0.3, 0.4) is 0 Å². The predicted molar refractivity (Wildman–Crippen MR) is 46.0 cm³/mol. The van der Waals surface area contributed by atoms with E-state index in [4.69, 9.17) is 5.21 Å². The van der Waals surface area contributed by atoms with Crippen molar-refractivity contribution in [2.24, 2.45) is 5.16 Å². The molecule has 0 aliphatic carbocycles. The van der Waals surface area contributed by atoms with Gasteiger partial charge in [-0.25, -0.2) is 0 Å². The van der Waals surface area contributed by atoms with Gasteiger partial charge in [-0.05, 0) is 28.9 Å². The van der Waals surface area contributed by atoms with Crippen LogP contribution >= 0.6 is 27.3 Å². The van der Waals surface area contributed by atoms with E-state index in [0.29, 0.717) is 5.71 Å². The van der Waals surface area contributed by atoms with E-state index in [1.54, 1.807) is 18.3 Å². The summed E-state index contributed by atoms with van der Waals surface area (Å²) in [6.07, 6.45) is 0. The normalized spacial score (nSPS) is 12.0. The second-order valence-electron chi connectivity index (χ2n) is 1.81. The molecule has 0 saturated heterocycles. The number of nitrogens with zero attached hydrogens (tertiary/aromatic N) is 1. The average molecular weight is 220 g/mol. The minimum absolute atomic E-state index is 0.649. The first-order valence-electron chi connectivity index (χ1n) is 2.67. The molecule has 1 N–H and O–H groups in total. The number of oxime groups is 1. The van der Waals surface area contributed by atoms with Crippen LogP contribution in [0.2, 0.25) is 0 Å². The molecular formula is C6H6BrNOS. The van der Waals surface area contributed by atoms with E-state index in [-0.39, 0.29) is 0 Å². The number of halogens is 1. The Labute approximate surface area is 71.3 Å². The van der Waals surface area contributed by atoms with Gasteiger partial charge in [-0.3, -0.25) is 0 Å². The smallest absolute Gasteiger partial charge is 0.0936 e. The number of thiophene rings is 1. The summed E-state index contributed by atoms with van der Waals surface area (Å²) in [5.74, 6) is 0. The Kier molecular flexibility index (Phi) is 2.45. The van der Waals surface area contributed by atoms with E-state index in [9.17, 15) is 0 Å². The van der Waals surface area contributed by atoms with Crippen molar-refractivity contribution in [3.63, 3.8) is 0 Å². The lowest BCUT2D eigenvalue weighted by atomic mass is 10.3. The Balaban J connectivity index is 2.95. The molecule has 4 heteroatoms. The zero-order chi connectivity index (χ0) is 7.56. The van der Waals surface area contributed by atoms with Crippen molar-refractivity contribution in [2.45, 2.75) is 6.92 Å². The summed E-state index contributed by atoms with van der Waals surface area (Å²) >= 11 is 4.85. The van der Waals surface area contributed by atoms with Crippen LogP contribution in [0, 0.1) is 0 Å². The van der Waals surface area contributed by atoms with Crippen LogP contribution in [-0.2, 0) is 0 Å². The highest BCUT2D eigenvalue weighted by atomic mass is 79.9. The molecule has 0 fully saturated rings. The molecule has 1 aromatic rings. The van der Waals surface area contributed by atoms with Gasteiger partial charge in [0.1, 0.15) is 0 Å². The molecule has 0 atom stereocenters. The lowest BCUT2D eigenvalue weighted by molar-refractivity contribution is 0.319. The lowest BCUT2D eigenvalue weighted by Crippen LogP contribution is -1.87. The molecule has 0 aliphatic rings. The van der Waals surface area contributed by atoms with Crippen LogP contribution < -0.4 is 0 Å². The van der Waals surface area contributed by atoms with Crippen LogP contribution in [0.15, 0.2) is 21.1 Å². The van der Waals surface area contributed by atoms with Gasteiger partial charge in [-0.2, -0.15) is 0 Å². The van der Waals surface area contributed by atoms with Gasteiger partial charge in [0.15, 0.2) is 0 Å². The molecule has 0 unspecified atom stereocenters. The standard InChI is InChI=1S/C6H6BrNOS/c1-4(8-9)6-2-5(7)3-10-6/h2-3,9H,1H3/b8-4-. The molecule has 10 heavy (non-hydrogen) atoms. The molecule has 0 saturated carbocycles. The summed E-state index contributed by atoms with van der Waals surface area (Å²) in [7, 11) is 0.